The lowest BCUT2D eigenvalue weighted by molar-refractivity contribution is 0.102. The van der Waals surface area contributed by atoms with Gasteiger partial charge in [-0.1, -0.05) is 12.1 Å². The van der Waals surface area contributed by atoms with E-state index in [1.165, 1.54) is 5.56 Å². The van der Waals surface area contributed by atoms with Gasteiger partial charge in [0.15, 0.2) is 11.6 Å². The number of hydrogen-bond donors (Lipinski definition) is 1. The maximum Gasteiger partial charge on any atom is 0.256 e. The first-order valence-electron chi connectivity index (χ1n) is 6.71. The summed E-state index contributed by atoms with van der Waals surface area (Å²) in [6, 6.07) is 11.1. The van der Waals surface area contributed by atoms with Crippen LogP contribution in [0, 0.1) is 0 Å². The van der Waals surface area contributed by atoms with Gasteiger partial charge in [-0.05, 0) is 43.0 Å². The van der Waals surface area contributed by atoms with Gasteiger partial charge in [-0.3, -0.25) is 4.79 Å². The van der Waals surface area contributed by atoms with E-state index in [1.807, 2.05) is 31.2 Å². The number of ether oxygens (including phenoxy) is 1. The van der Waals surface area contributed by atoms with E-state index in [9.17, 15) is 4.79 Å². The fourth-order valence-corrected chi connectivity index (χ4v) is 2.38. The van der Waals surface area contributed by atoms with Gasteiger partial charge < -0.3 is 10.1 Å². The Hall–Kier alpha value is -2.01. The summed E-state index contributed by atoms with van der Waals surface area (Å²) in [5.41, 5.74) is 1.81. The Kier molecular flexibility index (Phi) is 5.63. The van der Waals surface area contributed by atoms with Crippen LogP contribution in [-0.2, 0) is 5.75 Å². The zero-order valence-corrected chi connectivity index (χ0v) is 12.9. The summed E-state index contributed by atoms with van der Waals surface area (Å²) in [5, 5.41) is 2.78. The second-order valence-electron chi connectivity index (χ2n) is 4.37. The minimum absolute atomic E-state index is 0.189. The lowest BCUT2D eigenvalue weighted by atomic mass is 10.1. The third-order valence-corrected chi connectivity index (χ3v) is 3.45. The molecule has 5 heteroatoms. The molecule has 21 heavy (non-hydrogen) atoms. The second kappa shape index (κ2) is 7.69. The van der Waals surface area contributed by atoms with Crippen LogP contribution in [0.1, 0.15) is 22.8 Å². The number of pyridine rings is 1. The number of nitrogens with zero attached hydrogens (tertiary/aromatic N) is 1. The van der Waals surface area contributed by atoms with Crippen LogP contribution in [-0.4, -0.2) is 23.8 Å². The van der Waals surface area contributed by atoms with Gasteiger partial charge in [0, 0.05) is 17.5 Å². The molecule has 1 heterocycles. The molecule has 0 unspecified atom stereocenters. The molecule has 0 spiro atoms. The lowest BCUT2D eigenvalue weighted by Crippen LogP contribution is -2.14. The van der Waals surface area contributed by atoms with E-state index in [0.29, 0.717) is 23.7 Å². The summed E-state index contributed by atoms with van der Waals surface area (Å²) in [7, 11) is 0. The number of carbonyl (C=O) groups is 1. The van der Waals surface area contributed by atoms with Gasteiger partial charge in [0.2, 0.25) is 0 Å². The van der Waals surface area contributed by atoms with Crippen molar-refractivity contribution in [2.75, 3.05) is 18.2 Å². The van der Waals surface area contributed by atoms with Crippen LogP contribution in [0.3, 0.4) is 0 Å². The highest BCUT2D eigenvalue weighted by molar-refractivity contribution is 7.97. The van der Waals surface area contributed by atoms with Crippen molar-refractivity contribution in [3.05, 3.63) is 53.7 Å². The molecule has 0 aliphatic carbocycles. The van der Waals surface area contributed by atoms with Crippen LogP contribution >= 0.6 is 11.8 Å². The molecule has 1 amide bonds. The highest BCUT2D eigenvalue weighted by Crippen LogP contribution is 2.21. The molecule has 0 bridgehead atoms. The van der Waals surface area contributed by atoms with Crippen LogP contribution in [0.15, 0.2) is 42.6 Å². The highest BCUT2D eigenvalue weighted by Gasteiger charge is 2.10. The quantitative estimate of drug-likeness (QED) is 0.886. The molecule has 110 valence electrons. The SMILES string of the molecule is CCOc1cccnc1NC(=O)c1ccc(CSC)cc1. The van der Waals surface area contributed by atoms with Crippen LogP contribution in [0.5, 0.6) is 5.75 Å². The van der Waals surface area contributed by atoms with Crippen molar-refractivity contribution in [1.29, 1.82) is 0 Å². The molecule has 0 saturated heterocycles. The zero-order chi connectivity index (χ0) is 15.1. The summed E-state index contributed by atoms with van der Waals surface area (Å²) in [4.78, 5) is 16.4. The largest absolute Gasteiger partial charge is 0.490 e. The van der Waals surface area contributed by atoms with Crippen molar-refractivity contribution in [2.45, 2.75) is 12.7 Å². The number of thioether (sulfide) groups is 1. The Bertz CT molecular complexity index is 599. The summed E-state index contributed by atoms with van der Waals surface area (Å²) in [5.74, 6) is 1.77. The van der Waals surface area contributed by atoms with Gasteiger partial charge in [-0.25, -0.2) is 4.98 Å². The molecular formula is C16H18N2O2S. The fraction of sp³-hybridized carbons (Fsp3) is 0.250. The van der Waals surface area contributed by atoms with Gasteiger partial charge in [0.05, 0.1) is 6.61 Å². The Morgan fingerprint density at radius 2 is 2.05 bits per heavy atom. The van der Waals surface area contributed by atoms with Crippen LogP contribution in [0.25, 0.3) is 0 Å². The number of anilines is 1. The molecule has 2 rings (SSSR count). The normalized spacial score (nSPS) is 10.2. The number of benzene rings is 1. The number of amides is 1. The molecule has 0 atom stereocenters. The van der Waals surface area contributed by atoms with Crippen LogP contribution in [0.4, 0.5) is 5.82 Å². The number of hydrogen-bond acceptors (Lipinski definition) is 4. The first kappa shape index (κ1) is 15.4. The first-order chi connectivity index (χ1) is 10.2. The van der Waals surface area contributed by atoms with E-state index < -0.39 is 0 Å². The standard InChI is InChI=1S/C16H18N2O2S/c1-3-20-14-5-4-10-17-15(14)18-16(19)13-8-6-12(7-9-13)11-21-2/h4-10H,3,11H2,1-2H3,(H,17,18,19). The third-order valence-electron chi connectivity index (χ3n) is 2.83. The van der Waals surface area contributed by atoms with E-state index >= 15 is 0 Å². The van der Waals surface area contributed by atoms with Gasteiger partial charge in [-0.2, -0.15) is 11.8 Å². The molecule has 0 aliphatic rings. The third kappa shape index (κ3) is 4.23. The van der Waals surface area contributed by atoms with Crippen molar-refractivity contribution >= 4 is 23.5 Å². The van der Waals surface area contributed by atoms with Gasteiger partial charge >= 0.3 is 0 Å². The van der Waals surface area contributed by atoms with Crippen molar-refractivity contribution in [2.24, 2.45) is 0 Å². The van der Waals surface area contributed by atoms with Gasteiger partial charge in [-0.15, -0.1) is 0 Å². The van der Waals surface area contributed by atoms with Crippen molar-refractivity contribution < 1.29 is 9.53 Å². The van der Waals surface area contributed by atoms with Crippen molar-refractivity contribution in [3.63, 3.8) is 0 Å². The average molecular weight is 302 g/mol. The predicted molar refractivity (Wildman–Crippen MR) is 87.0 cm³/mol. The zero-order valence-electron chi connectivity index (χ0n) is 12.1. The van der Waals surface area contributed by atoms with E-state index in [-0.39, 0.29) is 5.91 Å². The Labute approximate surface area is 128 Å². The maximum atomic E-state index is 12.2. The number of aromatic nitrogens is 1. The Morgan fingerprint density at radius 1 is 1.29 bits per heavy atom. The number of carbonyl (C=O) groups excluding carboxylic acids is 1. The van der Waals surface area contributed by atoms with E-state index in [2.05, 4.69) is 16.6 Å². The van der Waals surface area contributed by atoms with Crippen LogP contribution in [0.2, 0.25) is 0 Å². The highest BCUT2D eigenvalue weighted by atomic mass is 32.2. The molecular weight excluding hydrogens is 284 g/mol. The van der Waals surface area contributed by atoms with E-state index in [1.54, 1.807) is 30.1 Å². The number of nitrogens with one attached hydrogen (secondary N) is 1. The molecule has 1 aromatic carbocycles. The second-order valence-corrected chi connectivity index (χ2v) is 5.23. The van der Waals surface area contributed by atoms with E-state index in [4.69, 9.17) is 4.74 Å². The summed E-state index contributed by atoms with van der Waals surface area (Å²) >= 11 is 1.75. The molecule has 2 aromatic rings. The van der Waals surface area contributed by atoms with Gasteiger partial charge in [0.1, 0.15) is 0 Å². The summed E-state index contributed by atoms with van der Waals surface area (Å²) in [6.07, 6.45) is 3.68. The summed E-state index contributed by atoms with van der Waals surface area (Å²) < 4.78 is 5.44. The molecule has 0 fully saturated rings. The molecule has 1 aromatic heterocycles. The molecule has 0 saturated carbocycles. The van der Waals surface area contributed by atoms with Crippen molar-refractivity contribution in [3.8, 4) is 5.75 Å². The van der Waals surface area contributed by atoms with Crippen molar-refractivity contribution in [1.82, 2.24) is 4.98 Å². The summed E-state index contributed by atoms with van der Waals surface area (Å²) in [6.45, 7) is 2.42. The van der Waals surface area contributed by atoms with Gasteiger partial charge in [0.25, 0.3) is 5.91 Å². The predicted octanol–water partition coefficient (Wildman–Crippen LogP) is 3.60. The lowest BCUT2D eigenvalue weighted by Gasteiger charge is -2.10. The minimum Gasteiger partial charge on any atom is -0.490 e. The Morgan fingerprint density at radius 3 is 2.71 bits per heavy atom. The smallest absolute Gasteiger partial charge is 0.256 e. The van der Waals surface area contributed by atoms with Crippen LogP contribution < -0.4 is 10.1 Å². The topological polar surface area (TPSA) is 51.2 Å². The Balaban J connectivity index is 2.10. The molecule has 1 N–H and O–H groups in total. The molecule has 0 radical (unpaired) electrons. The molecule has 4 nitrogen and oxygen atoms in total. The maximum absolute atomic E-state index is 12.2. The monoisotopic (exact) mass is 302 g/mol. The fourth-order valence-electron chi connectivity index (χ4n) is 1.86. The first-order valence-corrected chi connectivity index (χ1v) is 8.11. The van der Waals surface area contributed by atoms with E-state index in [0.717, 1.165) is 5.75 Å². The molecule has 0 aliphatic heterocycles. The minimum atomic E-state index is -0.189. The average Bonchev–Trinajstić information content (AvgIpc) is 2.50. The number of rotatable bonds is 6.